The van der Waals surface area contributed by atoms with Gasteiger partial charge in [0.25, 0.3) is 0 Å². The number of para-hydroxylation sites is 2. The monoisotopic (exact) mass is 419 g/mol. The van der Waals surface area contributed by atoms with Crippen LogP contribution >= 0.6 is 0 Å². The van der Waals surface area contributed by atoms with Gasteiger partial charge in [-0.1, -0.05) is 18.2 Å². The van der Waals surface area contributed by atoms with E-state index in [0.29, 0.717) is 23.9 Å². The van der Waals surface area contributed by atoms with Crippen LogP contribution in [-0.2, 0) is 22.5 Å². The van der Waals surface area contributed by atoms with Crippen LogP contribution in [-0.4, -0.2) is 43.5 Å². The topological polar surface area (TPSA) is 69.4 Å². The molecule has 0 aliphatic carbocycles. The van der Waals surface area contributed by atoms with Crippen molar-refractivity contribution < 1.29 is 41.4 Å². The number of benzene rings is 2. The van der Waals surface area contributed by atoms with Gasteiger partial charge in [0.2, 0.25) is 0 Å². The van der Waals surface area contributed by atoms with Gasteiger partial charge in [0.05, 0.1) is 19.5 Å². The lowest BCUT2D eigenvalue weighted by atomic mass is 10.1. The zero-order valence-electron chi connectivity index (χ0n) is 16.2. The minimum Gasteiger partial charge on any atom is -1.00 e. The highest BCUT2D eigenvalue weighted by Crippen LogP contribution is 2.30. The van der Waals surface area contributed by atoms with Crippen molar-refractivity contribution in [3.05, 3.63) is 53.6 Å². The summed E-state index contributed by atoms with van der Waals surface area (Å²) in [6.07, 6.45) is 2.33. The van der Waals surface area contributed by atoms with Gasteiger partial charge in [0, 0.05) is 18.4 Å². The van der Waals surface area contributed by atoms with E-state index in [-0.39, 0.29) is 37.5 Å². The van der Waals surface area contributed by atoms with Gasteiger partial charge in [-0.25, -0.2) is 0 Å². The number of halogens is 1. The summed E-state index contributed by atoms with van der Waals surface area (Å²) >= 11 is 0. The van der Waals surface area contributed by atoms with Crippen LogP contribution in [0.3, 0.4) is 0 Å². The van der Waals surface area contributed by atoms with E-state index in [4.69, 9.17) is 14.2 Å². The van der Waals surface area contributed by atoms with Crippen molar-refractivity contribution in [2.24, 2.45) is 0 Å². The van der Waals surface area contributed by atoms with Crippen LogP contribution < -0.4 is 26.8 Å². The maximum atomic E-state index is 12.3. The number of ether oxygens (including phenoxy) is 3. The minimum absolute atomic E-state index is 0. The van der Waals surface area contributed by atoms with E-state index in [2.05, 4.69) is 0 Å². The molecule has 0 bridgehead atoms. The molecular formula is C22H26ClNO5. The second-order valence-corrected chi connectivity index (χ2v) is 7.45. The SMILES string of the molecule is O=C(Cc1ccc(O)c(C[NH+]2CCCC2)c1)OC[C@@H]1COc2ccccc2O1.[Cl-]. The second-order valence-electron chi connectivity index (χ2n) is 7.45. The van der Waals surface area contributed by atoms with Crippen molar-refractivity contribution in [1.82, 2.24) is 0 Å². The lowest BCUT2D eigenvalue weighted by molar-refractivity contribution is -0.901. The van der Waals surface area contributed by atoms with Crippen LogP contribution in [0, 0.1) is 0 Å². The summed E-state index contributed by atoms with van der Waals surface area (Å²) in [6, 6.07) is 12.8. The van der Waals surface area contributed by atoms with E-state index in [0.717, 1.165) is 30.8 Å². The van der Waals surface area contributed by atoms with Gasteiger partial charge in [0.15, 0.2) is 17.6 Å². The van der Waals surface area contributed by atoms with Gasteiger partial charge in [-0.15, -0.1) is 0 Å². The number of quaternary nitrogens is 1. The molecule has 0 aromatic heterocycles. The number of nitrogens with one attached hydrogen (secondary N) is 1. The molecule has 1 fully saturated rings. The normalized spacial score (nSPS) is 18.1. The first-order chi connectivity index (χ1) is 13.7. The summed E-state index contributed by atoms with van der Waals surface area (Å²) in [7, 11) is 0. The fourth-order valence-electron chi connectivity index (χ4n) is 3.76. The van der Waals surface area contributed by atoms with Gasteiger partial charge in [-0.3, -0.25) is 4.79 Å². The third-order valence-electron chi connectivity index (χ3n) is 5.24. The van der Waals surface area contributed by atoms with E-state index in [1.807, 2.05) is 30.3 Å². The highest BCUT2D eigenvalue weighted by molar-refractivity contribution is 5.72. The Kier molecular flexibility index (Phi) is 7.23. The molecule has 2 aromatic carbocycles. The van der Waals surface area contributed by atoms with Crippen LogP contribution in [0.5, 0.6) is 17.2 Å². The van der Waals surface area contributed by atoms with E-state index >= 15 is 0 Å². The molecular weight excluding hydrogens is 394 g/mol. The zero-order chi connectivity index (χ0) is 19.3. The van der Waals surface area contributed by atoms with E-state index < -0.39 is 0 Å². The van der Waals surface area contributed by atoms with Crippen molar-refractivity contribution in [2.45, 2.75) is 31.9 Å². The highest BCUT2D eigenvalue weighted by atomic mass is 35.5. The third kappa shape index (κ3) is 5.55. The summed E-state index contributed by atoms with van der Waals surface area (Å²) in [4.78, 5) is 13.7. The van der Waals surface area contributed by atoms with Crippen molar-refractivity contribution in [3.8, 4) is 17.2 Å². The summed E-state index contributed by atoms with van der Waals surface area (Å²) < 4.78 is 16.8. The molecule has 2 N–H and O–H groups in total. The Morgan fingerprint density at radius 2 is 1.90 bits per heavy atom. The number of esters is 1. The van der Waals surface area contributed by atoms with Crippen LogP contribution in [0.25, 0.3) is 0 Å². The molecule has 0 saturated carbocycles. The zero-order valence-corrected chi connectivity index (χ0v) is 17.0. The molecule has 7 heteroatoms. The Hall–Kier alpha value is -2.44. The van der Waals surface area contributed by atoms with Crippen molar-refractivity contribution in [3.63, 3.8) is 0 Å². The number of fused-ring (bicyclic) bond motifs is 1. The number of likely N-dealkylation sites (tertiary alicyclic amines) is 1. The van der Waals surface area contributed by atoms with Crippen molar-refractivity contribution >= 4 is 5.97 Å². The molecule has 0 spiro atoms. The molecule has 1 atom stereocenters. The first-order valence-electron chi connectivity index (χ1n) is 9.86. The van der Waals surface area contributed by atoms with Crippen LogP contribution in [0.15, 0.2) is 42.5 Å². The standard InChI is InChI=1S/C22H25NO5.ClH/c24-19-8-7-16(11-17(19)13-23-9-3-4-10-23)12-22(25)27-15-18-14-26-20-5-1-2-6-21(20)28-18;/h1-2,5-8,11,18,24H,3-4,9-10,12-15H2;1H/t18-;/m0./s1. The lowest BCUT2D eigenvalue weighted by Gasteiger charge is -2.26. The minimum atomic E-state index is -0.312. The Labute approximate surface area is 176 Å². The van der Waals surface area contributed by atoms with Crippen LogP contribution in [0.2, 0.25) is 0 Å². The number of carbonyl (C=O) groups is 1. The van der Waals surface area contributed by atoms with Gasteiger partial charge in [0.1, 0.15) is 25.5 Å². The summed E-state index contributed by atoms with van der Waals surface area (Å²) in [5, 5.41) is 10.1. The molecule has 2 aliphatic rings. The second kappa shape index (κ2) is 9.85. The number of hydrogen-bond acceptors (Lipinski definition) is 5. The quantitative estimate of drug-likeness (QED) is 0.558. The molecule has 2 aromatic rings. The molecule has 2 heterocycles. The van der Waals surface area contributed by atoms with Gasteiger partial charge in [-0.05, 0) is 29.8 Å². The molecule has 1 saturated heterocycles. The molecule has 156 valence electrons. The Bertz CT molecular complexity index is 838. The highest BCUT2D eigenvalue weighted by Gasteiger charge is 2.22. The molecule has 29 heavy (non-hydrogen) atoms. The van der Waals surface area contributed by atoms with Crippen LogP contribution in [0.1, 0.15) is 24.0 Å². The fraction of sp³-hybridized carbons (Fsp3) is 0.409. The van der Waals surface area contributed by atoms with Gasteiger partial charge in [-0.2, -0.15) is 0 Å². The first kappa shape index (κ1) is 21.3. The number of aromatic hydroxyl groups is 1. The van der Waals surface area contributed by atoms with Gasteiger partial charge >= 0.3 is 5.97 Å². The van der Waals surface area contributed by atoms with E-state index in [1.54, 1.807) is 12.1 Å². The smallest absolute Gasteiger partial charge is 0.310 e. The average molecular weight is 420 g/mol. The van der Waals surface area contributed by atoms with Crippen molar-refractivity contribution in [2.75, 3.05) is 26.3 Å². The number of carbonyl (C=O) groups excluding carboxylic acids is 1. The molecule has 6 nitrogen and oxygen atoms in total. The maximum absolute atomic E-state index is 12.3. The summed E-state index contributed by atoms with van der Waals surface area (Å²) in [5.74, 6) is 1.36. The number of phenols is 1. The predicted molar refractivity (Wildman–Crippen MR) is 103 cm³/mol. The van der Waals surface area contributed by atoms with Crippen molar-refractivity contribution in [1.29, 1.82) is 0 Å². The fourth-order valence-corrected chi connectivity index (χ4v) is 3.76. The maximum Gasteiger partial charge on any atom is 0.310 e. The van der Waals surface area contributed by atoms with Crippen LogP contribution in [0.4, 0.5) is 0 Å². The molecule has 2 aliphatic heterocycles. The van der Waals surface area contributed by atoms with E-state index in [1.165, 1.54) is 17.7 Å². The average Bonchev–Trinajstić information content (AvgIpc) is 3.22. The molecule has 0 amide bonds. The summed E-state index contributed by atoms with van der Waals surface area (Å²) in [6.45, 7) is 3.57. The van der Waals surface area contributed by atoms with Gasteiger partial charge < -0.3 is 36.6 Å². The number of rotatable bonds is 6. The first-order valence-corrected chi connectivity index (χ1v) is 9.86. The number of hydrogen-bond donors (Lipinski definition) is 2. The molecule has 4 rings (SSSR count). The largest absolute Gasteiger partial charge is 1.00 e. The Morgan fingerprint density at radius 1 is 1.14 bits per heavy atom. The Balaban J connectivity index is 0.00000240. The lowest BCUT2D eigenvalue weighted by Crippen LogP contribution is -3.08. The third-order valence-corrected chi connectivity index (χ3v) is 5.24. The predicted octanol–water partition coefficient (Wildman–Crippen LogP) is -1.50. The van der Waals surface area contributed by atoms with E-state index in [9.17, 15) is 9.90 Å². The molecule has 0 unspecified atom stereocenters. The Morgan fingerprint density at radius 3 is 2.69 bits per heavy atom. The number of phenolic OH excluding ortho intramolecular Hbond substituents is 1. The molecule has 0 radical (unpaired) electrons. The summed E-state index contributed by atoms with van der Waals surface area (Å²) in [5.41, 5.74) is 1.74.